The first-order valence-electron chi connectivity index (χ1n) is 8.91. The smallest absolute Gasteiger partial charge is 0.0476 e. The molecule has 3 rings (SSSR count). The van der Waals surface area contributed by atoms with Gasteiger partial charge in [0.05, 0.1) is 0 Å². The second kappa shape index (κ2) is 5.25. The lowest BCUT2D eigenvalue weighted by atomic mass is 9.47. The van der Waals surface area contributed by atoms with Crippen molar-refractivity contribution in [2.75, 3.05) is 0 Å². The third kappa shape index (κ3) is 2.18. The lowest BCUT2D eigenvalue weighted by Crippen LogP contribution is -2.56. The summed E-state index contributed by atoms with van der Waals surface area (Å²) >= 11 is 0. The highest BCUT2D eigenvalue weighted by Crippen LogP contribution is 2.61. The molecule has 0 aromatic rings. The van der Waals surface area contributed by atoms with Crippen molar-refractivity contribution in [3.05, 3.63) is 23.3 Å². The van der Waals surface area contributed by atoms with E-state index in [0.29, 0.717) is 11.8 Å². The van der Waals surface area contributed by atoms with Gasteiger partial charge in [0, 0.05) is 11.4 Å². The van der Waals surface area contributed by atoms with Crippen molar-refractivity contribution in [1.82, 2.24) is 0 Å². The average Bonchev–Trinajstić information content (AvgIpc) is 2.46. The lowest BCUT2D eigenvalue weighted by molar-refractivity contribution is -0.326. The molecule has 0 aliphatic heterocycles. The van der Waals surface area contributed by atoms with E-state index in [9.17, 15) is 9.90 Å². The molecular weight excluding hydrogens is 272 g/mol. The summed E-state index contributed by atoms with van der Waals surface area (Å²) in [5.74, 6) is 0.538. The number of fused-ring (bicyclic) bond motifs is 3. The van der Waals surface area contributed by atoms with Gasteiger partial charge in [0.1, 0.15) is 0 Å². The molecule has 0 aromatic carbocycles. The van der Waals surface area contributed by atoms with Crippen LogP contribution in [0.5, 0.6) is 0 Å². The van der Waals surface area contributed by atoms with Gasteiger partial charge in [0.15, 0.2) is 0 Å². The van der Waals surface area contributed by atoms with Crippen LogP contribution in [0, 0.1) is 28.6 Å². The summed E-state index contributed by atoms with van der Waals surface area (Å²) in [6.07, 6.45) is 11.0. The standard InChI is InChI=1S/C20H30O2/c1-13(2)14-6-8-16-15(12-14)7-9-17-19(16,3)10-5-11-20(17,4)18(21)22/h7,12-13,16-17H,5-6,8-11H2,1-4H3,(H,21,22)/p-1/t16-,17+,19+,20-/m1/s1. The third-order valence-corrected chi connectivity index (χ3v) is 7.05. The topological polar surface area (TPSA) is 40.1 Å². The molecule has 4 atom stereocenters. The van der Waals surface area contributed by atoms with E-state index in [1.807, 2.05) is 6.92 Å². The van der Waals surface area contributed by atoms with Crippen molar-refractivity contribution < 1.29 is 9.90 Å². The molecule has 122 valence electrons. The van der Waals surface area contributed by atoms with Gasteiger partial charge >= 0.3 is 0 Å². The van der Waals surface area contributed by atoms with Crippen LogP contribution in [0.15, 0.2) is 23.3 Å². The summed E-state index contributed by atoms with van der Waals surface area (Å²) in [5.41, 5.74) is 2.51. The SMILES string of the molecule is CC(C)C1=CC2=CC[C@H]3[C@@](C)(CCC[C@@]3(C)C(=O)[O-])[C@@H]2CC1. The molecule has 3 aliphatic rings. The molecule has 3 aliphatic carbocycles. The van der Waals surface area contributed by atoms with Crippen molar-refractivity contribution in [2.24, 2.45) is 28.6 Å². The highest BCUT2D eigenvalue weighted by Gasteiger charge is 2.54. The monoisotopic (exact) mass is 301 g/mol. The van der Waals surface area contributed by atoms with Crippen molar-refractivity contribution in [3.63, 3.8) is 0 Å². The zero-order valence-electron chi connectivity index (χ0n) is 14.4. The number of rotatable bonds is 2. The average molecular weight is 301 g/mol. The first-order chi connectivity index (χ1) is 10.3. The van der Waals surface area contributed by atoms with Crippen LogP contribution in [0.2, 0.25) is 0 Å². The number of allylic oxidation sites excluding steroid dienone is 4. The Balaban J connectivity index is 2.00. The van der Waals surface area contributed by atoms with Gasteiger partial charge in [-0.1, -0.05) is 51.8 Å². The second-order valence-electron chi connectivity index (χ2n) is 8.52. The Morgan fingerprint density at radius 3 is 2.68 bits per heavy atom. The van der Waals surface area contributed by atoms with Crippen LogP contribution < -0.4 is 5.11 Å². The number of carboxylic acid groups (broad SMARTS) is 1. The van der Waals surface area contributed by atoms with Crippen molar-refractivity contribution in [1.29, 1.82) is 0 Å². The number of hydrogen-bond donors (Lipinski definition) is 0. The van der Waals surface area contributed by atoms with Crippen LogP contribution in [0.1, 0.15) is 66.2 Å². The summed E-state index contributed by atoms with van der Waals surface area (Å²) in [6, 6.07) is 0. The van der Waals surface area contributed by atoms with E-state index in [2.05, 4.69) is 32.9 Å². The van der Waals surface area contributed by atoms with Gasteiger partial charge in [0.2, 0.25) is 0 Å². The number of carbonyl (C=O) groups is 1. The van der Waals surface area contributed by atoms with E-state index >= 15 is 0 Å². The predicted octanol–water partition coefficient (Wildman–Crippen LogP) is 3.87. The minimum Gasteiger partial charge on any atom is -0.550 e. The highest BCUT2D eigenvalue weighted by atomic mass is 16.4. The molecule has 0 bridgehead atoms. The van der Waals surface area contributed by atoms with E-state index in [4.69, 9.17) is 0 Å². The van der Waals surface area contributed by atoms with Gasteiger partial charge < -0.3 is 9.90 Å². The van der Waals surface area contributed by atoms with Crippen LogP contribution in [0.3, 0.4) is 0 Å². The minimum absolute atomic E-state index is 0.121. The van der Waals surface area contributed by atoms with Gasteiger partial charge in [0.25, 0.3) is 0 Å². The van der Waals surface area contributed by atoms with Crippen LogP contribution in [-0.2, 0) is 4.79 Å². The molecule has 2 nitrogen and oxygen atoms in total. The van der Waals surface area contributed by atoms with Gasteiger partial charge in [-0.3, -0.25) is 0 Å². The summed E-state index contributed by atoms with van der Waals surface area (Å²) in [5, 5.41) is 11.8. The van der Waals surface area contributed by atoms with Gasteiger partial charge in [-0.2, -0.15) is 0 Å². The molecule has 1 fully saturated rings. The number of hydrogen-bond acceptors (Lipinski definition) is 2. The van der Waals surface area contributed by atoms with Crippen molar-refractivity contribution in [2.45, 2.75) is 66.2 Å². The molecule has 0 N–H and O–H groups in total. The maximum Gasteiger partial charge on any atom is 0.0476 e. The zero-order valence-corrected chi connectivity index (χ0v) is 14.4. The second-order valence-corrected chi connectivity index (χ2v) is 8.52. The largest absolute Gasteiger partial charge is 0.550 e. The Labute approximate surface area is 134 Å². The molecule has 0 spiro atoms. The minimum atomic E-state index is -0.838. The Morgan fingerprint density at radius 1 is 1.32 bits per heavy atom. The Kier molecular flexibility index (Phi) is 3.78. The number of aliphatic carboxylic acids is 1. The quantitative estimate of drug-likeness (QED) is 0.776. The fraction of sp³-hybridized carbons (Fsp3) is 0.750. The first kappa shape index (κ1) is 15.8. The van der Waals surface area contributed by atoms with Crippen LogP contribution in [0.25, 0.3) is 0 Å². The van der Waals surface area contributed by atoms with Gasteiger partial charge in [-0.25, -0.2) is 0 Å². The Hall–Kier alpha value is -1.05. The number of carboxylic acids is 1. The fourth-order valence-electron chi connectivity index (χ4n) is 5.59. The molecular formula is C20H29O2-. The van der Waals surface area contributed by atoms with Crippen LogP contribution in [-0.4, -0.2) is 5.97 Å². The third-order valence-electron chi connectivity index (χ3n) is 7.05. The summed E-state index contributed by atoms with van der Waals surface area (Å²) in [4.78, 5) is 11.8. The van der Waals surface area contributed by atoms with Gasteiger partial charge in [-0.05, 0) is 60.8 Å². The van der Waals surface area contributed by atoms with E-state index in [1.165, 1.54) is 18.4 Å². The van der Waals surface area contributed by atoms with Gasteiger partial charge in [-0.15, -0.1) is 0 Å². The molecule has 2 heteroatoms. The molecule has 22 heavy (non-hydrogen) atoms. The zero-order chi connectivity index (χ0) is 16.1. The summed E-state index contributed by atoms with van der Waals surface area (Å²) in [7, 11) is 0. The Bertz CT molecular complexity index is 542. The molecule has 1 saturated carbocycles. The van der Waals surface area contributed by atoms with E-state index < -0.39 is 11.4 Å². The van der Waals surface area contributed by atoms with Crippen LogP contribution >= 0.6 is 0 Å². The van der Waals surface area contributed by atoms with Crippen LogP contribution in [0.4, 0.5) is 0 Å². The summed E-state index contributed by atoms with van der Waals surface area (Å²) < 4.78 is 0. The molecule has 0 radical (unpaired) electrons. The van der Waals surface area contributed by atoms with E-state index in [1.54, 1.807) is 5.57 Å². The van der Waals surface area contributed by atoms with Crippen molar-refractivity contribution in [3.8, 4) is 0 Å². The molecule has 0 saturated heterocycles. The van der Waals surface area contributed by atoms with E-state index in [-0.39, 0.29) is 11.3 Å². The van der Waals surface area contributed by atoms with Crippen molar-refractivity contribution >= 4 is 5.97 Å². The maximum absolute atomic E-state index is 11.8. The molecule has 0 heterocycles. The molecule has 0 aromatic heterocycles. The Morgan fingerprint density at radius 2 is 2.05 bits per heavy atom. The lowest BCUT2D eigenvalue weighted by Gasteiger charge is -2.58. The van der Waals surface area contributed by atoms with E-state index in [0.717, 1.165) is 25.7 Å². The molecule has 0 unspecified atom stereocenters. The highest BCUT2D eigenvalue weighted by molar-refractivity contribution is 5.73. The fourth-order valence-corrected chi connectivity index (χ4v) is 5.59. The summed E-state index contributed by atoms with van der Waals surface area (Å²) in [6.45, 7) is 8.83. The molecule has 0 amide bonds. The predicted molar refractivity (Wildman–Crippen MR) is 86.9 cm³/mol. The normalized spacial score (nSPS) is 41.3. The number of carbonyl (C=O) groups excluding carboxylic acids is 1. The first-order valence-corrected chi connectivity index (χ1v) is 8.91. The maximum atomic E-state index is 11.8.